The van der Waals surface area contributed by atoms with Crippen LogP contribution >= 0.6 is 0 Å². The lowest BCUT2D eigenvalue weighted by Gasteiger charge is -2.43. The van der Waals surface area contributed by atoms with Crippen LogP contribution in [0.4, 0.5) is 0 Å². The van der Waals surface area contributed by atoms with E-state index >= 15 is 0 Å². The van der Waals surface area contributed by atoms with Gasteiger partial charge in [-0.2, -0.15) is 0 Å². The molecule has 1 aliphatic carbocycles. The molecule has 4 nitrogen and oxygen atoms in total. The summed E-state index contributed by atoms with van der Waals surface area (Å²) in [6.07, 6.45) is 2.65. The van der Waals surface area contributed by atoms with E-state index in [4.69, 9.17) is 4.74 Å². The average molecular weight is 270 g/mol. The molecule has 1 heterocycles. The van der Waals surface area contributed by atoms with Crippen molar-refractivity contribution in [3.8, 4) is 0 Å². The Kier molecular flexibility index (Phi) is 5.63. The summed E-state index contributed by atoms with van der Waals surface area (Å²) in [5.41, 5.74) is 0. The molecule has 2 N–H and O–H groups in total. The molecule has 5 unspecified atom stereocenters. The number of ether oxygens (including phenoxy) is 1. The molecule has 0 spiro atoms. The summed E-state index contributed by atoms with van der Waals surface area (Å²) in [6.45, 7) is 8.69. The van der Waals surface area contributed by atoms with E-state index < -0.39 is 0 Å². The molecule has 2 aliphatic rings. The van der Waals surface area contributed by atoms with Crippen LogP contribution in [0, 0.1) is 17.8 Å². The Hall–Kier alpha value is -0.160. The number of morpholine rings is 1. The first-order valence-electron chi connectivity index (χ1n) is 7.76. The summed E-state index contributed by atoms with van der Waals surface area (Å²) < 4.78 is 5.54. The minimum absolute atomic E-state index is 0.0135. The van der Waals surface area contributed by atoms with E-state index in [-0.39, 0.29) is 12.7 Å². The van der Waals surface area contributed by atoms with Gasteiger partial charge in [-0.05, 0) is 37.6 Å². The van der Waals surface area contributed by atoms with Crippen molar-refractivity contribution >= 4 is 0 Å². The quantitative estimate of drug-likeness (QED) is 0.798. The molecular weight excluding hydrogens is 240 g/mol. The Bertz CT molecular complexity index is 275. The van der Waals surface area contributed by atoms with Crippen molar-refractivity contribution in [3.05, 3.63) is 0 Å². The fraction of sp³-hybridized carbons (Fsp3) is 1.00. The first-order valence-corrected chi connectivity index (χ1v) is 7.76. The van der Waals surface area contributed by atoms with E-state index in [0.717, 1.165) is 44.0 Å². The van der Waals surface area contributed by atoms with E-state index in [1.54, 1.807) is 0 Å². The highest BCUT2D eigenvalue weighted by Crippen LogP contribution is 2.34. The number of aliphatic hydroxyl groups excluding tert-OH is 1. The van der Waals surface area contributed by atoms with Gasteiger partial charge in [-0.15, -0.1) is 0 Å². The van der Waals surface area contributed by atoms with Crippen LogP contribution in [-0.4, -0.2) is 62.0 Å². The van der Waals surface area contributed by atoms with Gasteiger partial charge in [-0.1, -0.05) is 13.8 Å². The largest absolute Gasteiger partial charge is 0.394 e. The summed E-state index contributed by atoms with van der Waals surface area (Å²) in [5.74, 6) is 2.33. The Balaban J connectivity index is 1.92. The molecule has 0 aromatic heterocycles. The topological polar surface area (TPSA) is 44.7 Å². The molecule has 0 aromatic carbocycles. The van der Waals surface area contributed by atoms with Gasteiger partial charge >= 0.3 is 0 Å². The summed E-state index contributed by atoms with van der Waals surface area (Å²) in [7, 11) is 2.10. The maximum absolute atomic E-state index is 9.24. The van der Waals surface area contributed by atoms with Crippen molar-refractivity contribution in [2.75, 3.05) is 39.9 Å². The first kappa shape index (κ1) is 15.2. The van der Waals surface area contributed by atoms with Crippen LogP contribution in [0.15, 0.2) is 0 Å². The second-order valence-electron chi connectivity index (χ2n) is 6.55. The van der Waals surface area contributed by atoms with Gasteiger partial charge in [0, 0.05) is 25.7 Å². The van der Waals surface area contributed by atoms with Gasteiger partial charge in [0.05, 0.1) is 19.3 Å². The molecule has 19 heavy (non-hydrogen) atoms. The van der Waals surface area contributed by atoms with Crippen LogP contribution in [0.5, 0.6) is 0 Å². The zero-order valence-electron chi connectivity index (χ0n) is 12.6. The van der Waals surface area contributed by atoms with E-state index in [0.29, 0.717) is 6.04 Å². The van der Waals surface area contributed by atoms with E-state index in [9.17, 15) is 5.11 Å². The predicted molar refractivity (Wildman–Crippen MR) is 77.2 cm³/mol. The standard InChI is InChI=1S/C15H30N2O2/c1-11-6-12(2)14(15(7-11)16-3)9-17-4-5-19-13(8-17)10-18/h11-16,18H,4-10H2,1-3H3. The molecular formula is C15H30N2O2. The minimum Gasteiger partial charge on any atom is -0.394 e. The lowest BCUT2D eigenvalue weighted by atomic mass is 9.72. The van der Waals surface area contributed by atoms with Crippen LogP contribution in [0.25, 0.3) is 0 Å². The Labute approximate surface area is 117 Å². The number of nitrogens with one attached hydrogen (secondary N) is 1. The van der Waals surface area contributed by atoms with Crippen LogP contribution in [0.3, 0.4) is 0 Å². The Morgan fingerprint density at radius 3 is 2.79 bits per heavy atom. The predicted octanol–water partition coefficient (Wildman–Crippen LogP) is 0.950. The maximum atomic E-state index is 9.24. The van der Waals surface area contributed by atoms with Gasteiger partial charge in [-0.3, -0.25) is 4.90 Å². The zero-order valence-corrected chi connectivity index (χ0v) is 12.6. The first-order chi connectivity index (χ1) is 9.13. The summed E-state index contributed by atoms with van der Waals surface area (Å²) in [6, 6.07) is 0.633. The molecule has 0 bridgehead atoms. The van der Waals surface area contributed by atoms with Gasteiger partial charge in [-0.25, -0.2) is 0 Å². The van der Waals surface area contributed by atoms with Crippen LogP contribution in [0.2, 0.25) is 0 Å². The molecule has 0 aromatic rings. The van der Waals surface area contributed by atoms with E-state index in [2.05, 4.69) is 31.1 Å². The molecule has 112 valence electrons. The molecule has 5 atom stereocenters. The van der Waals surface area contributed by atoms with Crippen molar-refractivity contribution in [3.63, 3.8) is 0 Å². The smallest absolute Gasteiger partial charge is 0.0932 e. The molecule has 2 rings (SSSR count). The summed E-state index contributed by atoms with van der Waals surface area (Å²) >= 11 is 0. The fourth-order valence-electron chi connectivity index (χ4n) is 3.90. The molecule has 2 fully saturated rings. The normalized spacial score (nSPS) is 41.4. The number of rotatable bonds is 4. The highest BCUT2D eigenvalue weighted by atomic mass is 16.5. The van der Waals surface area contributed by atoms with E-state index in [1.165, 1.54) is 12.8 Å². The lowest BCUT2D eigenvalue weighted by molar-refractivity contribution is -0.0615. The highest BCUT2D eigenvalue weighted by Gasteiger charge is 2.35. The highest BCUT2D eigenvalue weighted by molar-refractivity contribution is 4.89. The molecule has 0 radical (unpaired) electrons. The minimum atomic E-state index is 0.0135. The summed E-state index contributed by atoms with van der Waals surface area (Å²) in [4.78, 5) is 2.48. The van der Waals surface area contributed by atoms with Crippen molar-refractivity contribution in [2.24, 2.45) is 17.8 Å². The lowest BCUT2D eigenvalue weighted by Crippen LogP contribution is -2.52. The molecule has 4 heteroatoms. The van der Waals surface area contributed by atoms with Crippen LogP contribution in [0.1, 0.15) is 26.7 Å². The number of hydrogen-bond acceptors (Lipinski definition) is 4. The van der Waals surface area contributed by atoms with Crippen LogP contribution < -0.4 is 5.32 Å². The van der Waals surface area contributed by atoms with Crippen molar-refractivity contribution in [1.29, 1.82) is 0 Å². The zero-order chi connectivity index (χ0) is 13.8. The van der Waals surface area contributed by atoms with Gasteiger partial charge < -0.3 is 15.2 Å². The second-order valence-corrected chi connectivity index (χ2v) is 6.55. The number of aliphatic hydroxyl groups is 1. The van der Waals surface area contributed by atoms with Crippen molar-refractivity contribution < 1.29 is 9.84 Å². The monoisotopic (exact) mass is 270 g/mol. The third-order valence-electron chi connectivity index (χ3n) is 4.94. The van der Waals surface area contributed by atoms with Crippen LogP contribution in [-0.2, 0) is 4.74 Å². The van der Waals surface area contributed by atoms with Gasteiger partial charge in [0.25, 0.3) is 0 Å². The average Bonchev–Trinajstić information content (AvgIpc) is 2.41. The third-order valence-corrected chi connectivity index (χ3v) is 4.94. The SMILES string of the molecule is CNC1CC(C)CC(C)C1CN1CCOC(CO)C1. The van der Waals surface area contributed by atoms with Gasteiger partial charge in [0.1, 0.15) is 0 Å². The van der Waals surface area contributed by atoms with Gasteiger partial charge in [0.15, 0.2) is 0 Å². The Morgan fingerprint density at radius 1 is 1.32 bits per heavy atom. The second kappa shape index (κ2) is 7.02. The molecule has 1 saturated carbocycles. The van der Waals surface area contributed by atoms with Crippen molar-refractivity contribution in [1.82, 2.24) is 10.2 Å². The maximum Gasteiger partial charge on any atom is 0.0932 e. The molecule has 1 aliphatic heterocycles. The third kappa shape index (κ3) is 3.91. The molecule has 0 amide bonds. The molecule has 1 saturated heterocycles. The number of nitrogens with zero attached hydrogens (tertiary/aromatic N) is 1. The Morgan fingerprint density at radius 2 is 2.11 bits per heavy atom. The number of hydrogen-bond donors (Lipinski definition) is 2. The summed E-state index contributed by atoms with van der Waals surface area (Å²) in [5, 5.41) is 12.8. The van der Waals surface area contributed by atoms with E-state index in [1.807, 2.05) is 0 Å². The van der Waals surface area contributed by atoms with Gasteiger partial charge in [0.2, 0.25) is 0 Å². The fourth-order valence-corrected chi connectivity index (χ4v) is 3.90. The van der Waals surface area contributed by atoms with Crippen molar-refractivity contribution in [2.45, 2.75) is 38.8 Å².